The van der Waals surface area contributed by atoms with Crippen molar-refractivity contribution in [1.82, 2.24) is 5.32 Å². The Morgan fingerprint density at radius 1 is 1.12 bits per heavy atom. The number of carbonyl (C=O) groups is 2. The Hall–Kier alpha value is -1.93. The molecule has 1 aliphatic carbocycles. The van der Waals surface area contributed by atoms with Gasteiger partial charge < -0.3 is 15.2 Å². The zero-order valence-corrected chi connectivity index (χ0v) is 21.5. The number of nitrogens with one attached hydrogen (secondary N) is 1. The van der Waals surface area contributed by atoms with Crippen LogP contribution in [0.3, 0.4) is 0 Å². The second-order valence-electron chi connectivity index (χ2n) is 8.89. The quantitative estimate of drug-likeness (QED) is 0.540. The van der Waals surface area contributed by atoms with Crippen LogP contribution in [0.2, 0.25) is 0 Å². The third-order valence-electron chi connectivity index (χ3n) is 6.43. The molecule has 0 radical (unpaired) electrons. The topological polar surface area (TPSA) is 69.2 Å². The molecule has 1 aliphatic rings. The van der Waals surface area contributed by atoms with Gasteiger partial charge in [0, 0.05) is 5.56 Å². The molecule has 1 fully saturated rings. The van der Waals surface area contributed by atoms with Crippen LogP contribution in [-0.4, -0.2) is 29.9 Å². The van der Waals surface area contributed by atoms with Crippen LogP contribution in [0, 0.1) is 12.8 Å². The molecule has 2 aromatic carbocycles. The van der Waals surface area contributed by atoms with Crippen LogP contribution in [-0.2, 0) is 4.79 Å². The Morgan fingerprint density at radius 2 is 1.85 bits per heavy atom. The van der Waals surface area contributed by atoms with Gasteiger partial charge in [-0.3, -0.25) is 4.79 Å². The summed E-state index contributed by atoms with van der Waals surface area (Å²) in [5.41, 5.74) is 4.36. The first-order valence-corrected chi connectivity index (χ1v) is 13.3. The first kappa shape index (κ1) is 28.3. The molecule has 176 valence electrons. The number of carboxylic acid groups (broad SMARTS) is 1. The normalized spacial score (nSPS) is 15.0. The van der Waals surface area contributed by atoms with Crippen LogP contribution in [0.4, 0.5) is 0 Å². The second kappa shape index (κ2) is 14.5. The summed E-state index contributed by atoms with van der Waals surface area (Å²) < 4.78 is 0. The van der Waals surface area contributed by atoms with E-state index in [1.165, 1.54) is 32.1 Å². The standard InChI is InChI=1S/C28H35NO3S.Li/c1-20-9-6-7-14-23(20)25-19-22(13-8-12-21-10-4-3-5-11-21)15-16-24(25)27(30)29-26(28(31)32)17-18-33-2;/h6-9,13-16,19,21,26H,3-5,10-12,17-18H2,1-2H3,(H,29,30)(H,31,32);/q;+1/p-1/b13-8+;/t26-;/m0./s1. The van der Waals surface area contributed by atoms with Gasteiger partial charge in [-0.1, -0.05) is 74.6 Å². The Morgan fingerprint density at radius 3 is 2.53 bits per heavy atom. The minimum Gasteiger partial charge on any atom is -0.548 e. The van der Waals surface area contributed by atoms with Crippen molar-refractivity contribution in [2.45, 2.75) is 57.9 Å². The van der Waals surface area contributed by atoms with Crippen LogP contribution in [0.15, 0.2) is 48.5 Å². The third kappa shape index (κ3) is 8.08. The first-order valence-electron chi connectivity index (χ1n) is 11.9. The van der Waals surface area contributed by atoms with Gasteiger partial charge in [0.25, 0.3) is 5.91 Å². The van der Waals surface area contributed by atoms with Gasteiger partial charge in [0.2, 0.25) is 0 Å². The summed E-state index contributed by atoms with van der Waals surface area (Å²) in [6, 6.07) is 12.7. The van der Waals surface area contributed by atoms with Gasteiger partial charge in [-0.05, 0) is 72.1 Å². The number of carboxylic acids is 1. The smallest absolute Gasteiger partial charge is 0.548 e. The largest absolute Gasteiger partial charge is 1.00 e. The van der Waals surface area contributed by atoms with E-state index in [1.807, 2.05) is 49.6 Å². The van der Waals surface area contributed by atoms with Gasteiger partial charge in [-0.15, -0.1) is 0 Å². The van der Waals surface area contributed by atoms with Gasteiger partial charge in [0.1, 0.15) is 0 Å². The maximum Gasteiger partial charge on any atom is 1.00 e. The monoisotopic (exact) mass is 471 g/mol. The van der Waals surface area contributed by atoms with Gasteiger partial charge in [-0.2, -0.15) is 11.8 Å². The molecule has 0 spiro atoms. The van der Waals surface area contributed by atoms with E-state index in [2.05, 4.69) is 17.5 Å². The summed E-state index contributed by atoms with van der Waals surface area (Å²) in [5.74, 6) is -0.231. The summed E-state index contributed by atoms with van der Waals surface area (Å²) in [4.78, 5) is 24.7. The molecule has 6 heteroatoms. The van der Waals surface area contributed by atoms with Crippen molar-refractivity contribution in [2.24, 2.45) is 5.92 Å². The number of carbonyl (C=O) groups excluding carboxylic acids is 2. The minimum absolute atomic E-state index is 0. The molecule has 0 aromatic heterocycles. The van der Waals surface area contributed by atoms with Crippen LogP contribution in [0.1, 0.15) is 66.4 Å². The number of thioether (sulfide) groups is 1. The molecule has 0 saturated heterocycles. The Bertz CT molecular complexity index is 985. The number of hydrogen-bond donors (Lipinski definition) is 1. The first-order chi connectivity index (χ1) is 16.0. The van der Waals surface area contributed by atoms with Crippen molar-refractivity contribution in [3.05, 3.63) is 65.2 Å². The molecular formula is C28H34LiNO3S. The predicted octanol–water partition coefficient (Wildman–Crippen LogP) is 2.25. The summed E-state index contributed by atoms with van der Waals surface area (Å²) >= 11 is 1.54. The number of hydrogen-bond acceptors (Lipinski definition) is 4. The summed E-state index contributed by atoms with van der Waals surface area (Å²) in [6.45, 7) is 2.02. The van der Waals surface area contributed by atoms with E-state index in [0.29, 0.717) is 17.7 Å². The molecule has 2 aromatic rings. The Balaban J connectivity index is 0.00000408. The van der Waals surface area contributed by atoms with Gasteiger partial charge in [-0.25, -0.2) is 0 Å². The number of allylic oxidation sites excluding steroid dienone is 1. The van der Waals surface area contributed by atoms with E-state index in [-0.39, 0.29) is 24.8 Å². The van der Waals surface area contributed by atoms with E-state index in [9.17, 15) is 14.7 Å². The van der Waals surface area contributed by atoms with Crippen molar-refractivity contribution in [3.63, 3.8) is 0 Å². The number of aliphatic carboxylic acids is 1. The van der Waals surface area contributed by atoms with E-state index in [1.54, 1.807) is 17.8 Å². The SMILES string of the molecule is CSCC[C@H](NC(=O)c1ccc(/C=C/CC2CCCCC2)cc1-c1ccccc1C)C(=O)[O-].[Li+]. The van der Waals surface area contributed by atoms with Crippen LogP contribution >= 0.6 is 11.8 Å². The van der Waals surface area contributed by atoms with Crippen molar-refractivity contribution in [3.8, 4) is 11.1 Å². The Kier molecular flexibility index (Phi) is 12.0. The fourth-order valence-corrected chi connectivity index (χ4v) is 4.97. The molecule has 1 atom stereocenters. The van der Waals surface area contributed by atoms with E-state index in [0.717, 1.165) is 34.6 Å². The zero-order valence-electron chi connectivity index (χ0n) is 20.6. The molecule has 0 unspecified atom stereocenters. The van der Waals surface area contributed by atoms with Crippen LogP contribution in [0.5, 0.6) is 0 Å². The van der Waals surface area contributed by atoms with Gasteiger partial charge in [0.15, 0.2) is 0 Å². The molecule has 34 heavy (non-hydrogen) atoms. The maximum atomic E-state index is 13.1. The van der Waals surface area contributed by atoms with E-state index < -0.39 is 12.0 Å². The minimum atomic E-state index is -1.25. The molecule has 0 heterocycles. The fourth-order valence-electron chi connectivity index (χ4n) is 4.50. The van der Waals surface area contributed by atoms with Gasteiger partial charge >= 0.3 is 18.9 Å². The summed E-state index contributed by atoms with van der Waals surface area (Å²) in [6.07, 6.45) is 14.4. The molecular weight excluding hydrogens is 437 g/mol. The average Bonchev–Trinajstić information content (AvgIpc) is 2.82. The number of aryl methyl sites for hydroxylation is 1. The number of benzene rings is 2. The molecule has 0 bridgehead atoms. The fraction of sp³-hybridized carbons (Fsp3) is 0.429. The maximum absolute atomic E-state index is 13.1. The molecule has 1 amide bonds. The van der Waals surface area contributed by atoms with E-state index >= 15 is 0 Å². The van der Waals surface area contributed by atoms with Crippen molar-refractivity contribution in [2.75, 3.05) is 12.0 Å². The second-order valence-corrected chi connectivity index (χ2v) is 9.87. The number of rotatable bonds is 10. The third-order valence-corrected chi connectivity index (χ3v) is 7.07. The molecule has 3 rings (SSSR count). The predicted molar refractivity (Wildman–Crippen MR) is 136 cm³/mol. The zero-order chi connectivity index (χ0) is 23.6. The molecule has 1 N–H and O–H groups in total. The van der Waals surface area contributed by atoms with E-state index in [4.69, 9.17) is 0 Å². The molecule has 4 nitrogen and oxygen atoms in total. The Labute approximate surface area is 220 Å². The van der Waals surface area contributed by atoms with Crippen LogP contribution in [0.25, 0.3) is 17.2 Å². The molecule has 1 saturated carbocycles. The van der Waals surface area contributed by atoms with Crippen molar-refractivity contribution >= 4 is 29.7 Å². The summed E-state index contributed by atoms with van der Waals surface area (Å²) in [5, 5.41) is 14.2. The van der Waals surface area contributed by atoms with Gasteiger partial charge in [0.05, 0.1) is 12.0 Å². The number of amides is 1. The summed E-state index contributed by atoms with van der Waals surface area (Å²) in [7, 11) is 0. The van der Waals surface area contributed by atoms with Crippen molar-refractivity contribution < 1.29 is 33.6 Å². The van der Waals surface area contributed by atoms with Crippen molar-refractivity contribution in [1.29, 1.82) is 0 Å². The molecule has 0 aliphatic heterocycles. The average molecular weight is 472 g/mol. The van der Waals surface area contributed by atoms with Crippen LogP contribution < -0.4 is 29.3 Å².